The highest BCUT2D eigenvalue weighted by molar-refractivity contribution is 5.92. The fourth-order valence-corrected chi connectivity index (χ4v) is 2.96. The molecule has 0 bridgehead atoms. The topological polar surface area (TPSA) is 38.3 Å². The van der Waals surface area contributed by atoms with Crippen LogP contribution in [0.2, 0.25) is 0 Å². The van der Waals surface area contributed by atoms with E-state index in [4.69, 9.17) is 4.74 Å². The molecule has 0 spiro atoms. The first kappa shape index (κ1) is 16.2. The van der Waals surface area contributed by atoms with Gasteiger partial charge >= 0.3 is 0 Å². The maximum atomic E-state index is 12.9. The highest BCUT2D eigenvalue weighted by atomic mass is 19.1. The van der Waals surface area contributed by atoms with Gasteiger partial charge < -0.3 is 10.1 Å². The lowest BCUT2D eigenvalue weighted by atomic mass is 9.85. The Balaban J connectivity index is 1.68. The summed E-state index contributed by atoms with van der Waals surface area (Å²) in [6.45, 7) is 0.574. The van der Waals surface area contributed by atoms with Crippen molar-refractivity contribution in [2.24, 2.45) is 0 Å². The largest absolute Gasteiger partial charge is 0.497 e. The molecule has 124 valence electrons. The lowest BCUT2D eigenvalue weighted by Gasteiger charge is -2.23. The first-order valence-electron chi connectivity index (χ1n) is 7.99. The van der Waals surface area contributed by atoms with Gasteiger partial charge in [-0.15, -0.1) is 0 Å². The predicted molar refractivity (Wildman–Crippen MR) is 91.3 cm³/mol. The minimum Gasteiger partial charge on any atom is -0.497 e. The number of hydrogen-bond donors (Lipinski definition) is 1. The van der Waals surface area contributed by atoms with Crippen molar-refractivity contribution in [2.75, 3.05) is 7.11 Å². The molecule has 24 heavy (non-hydrogen) atoms. The number of allylic oxidation sites excluding steroid dienone is 2. The Bertz CT molecular complexity index is 752. The van der Waals surface area contributed by atoms with E-state index >= 15 is 0 Å². The van der Waals surface area contributed by atoms with Crippen LogP contribution in [0.5, 0.6) is 5.75 Å². The minimum absolute atomic E-state index is 0.121. The van der Waals surface area contributed by atoms with Crippen LogP contribution in [0.25, 0.3) is 0 Å². The van der Waals surface area contributed by atoms with E-state index in [0.29, 0.717) is 13.0 Å². The maximum absolute atomic E-state index is 12.9. The van der Waals surface area contributed by atoms with Crippen molar-refractivity contribution in [3.8, 4) is 5.75 Å². The summed E-state index contributed by atoms with van der Waals surface area (Å²) < 4.78 is 18.2. The molecular formula is C20H20FNO2. The Kier molecular flexibility index (Phi) is 4.94. The van der Waals surface area contributed by atoms with Crippen molar-refractivity contribution < 1.29 is 13.9 Å². The number of halogens is 1. The molecule has 0 aromatic heterocycles. The Labute approximate surface area is 141 Å². The molecule has 0 saturated carbocycles. The summed E-state index contributed by atoms with van der Waals surface area (Å²) >= 11 is 0. The van der Waals surface area contributed by atoms with Gasteiger partial charge in [-0.2, -0.15) is 0 Å². The molecule has 4 heteroatoms. The number of ether oxygens (including phenoxy) is 1. The molecule has 1 N–H and O–H groups in total. The van der Waals surface area contributed by atoms with Crippen LogP contribution < -0.4 is 10.1 Å². The number of benzene rings is 2. The molecule has 3 nitrogen and oxygen atoms in total. The Hall–Kier alpha value is -2.62. The molecule has 0 saturated heterocycles. The number of carbonyl (C=O) groups excluding carboxylic acids is 1. The molecule has 1 atom stereocenters. The molecule has 0 unspecified atom stereocenters. The molecule has 0 aliphatic heterocycles. The third-order valence-electron chi connectivity index (χ3n) is 4.25. The molecule has 1 aliphatic carbocycles. The van der Waals surface area contributed by atoms with Gasteiger partial charge in [0.05, 0.1) is 7.11 Å². The van der Waals surface area contributed by atoms with Gasteiger partial charge in [-0.05, 0) is 47.7 Å². The summed E-state index contributed by atoms with van der Waals surface area (Å²) in [5, 5.41) is 3.30. The lowest BCUT2D eigenvalue weighted by molar-refractivity contribution is -0.115. The second-order valence-corrected chi connectivity index (χ2v) is 6.00. The molecule has 2 aromatic rings. The highest BCUT2D eigenvalue weighted by Gasteiger charge is 2.22. The maximum Gasteiger partial charge on any atom is 0.158 e. The van der Waals surface area contributed by atoms with Crippen LogP contribution in [0.1, 0.15) is 29.9 Å². The van der Waals surface area contributed by atoms with Gasteiger partial charge in [0.15, 0.2) is 5.78 Å². The summed E-state index contributed by atoms with van der Waals surface area (Å²) in [6, 6.07) is 14.2. The second kappa shape index (κ2) is 7.30. The number of nitrogens with one attached hydrogen (secondary N) is 1. The Morgan fingerprint density at radius 2 is 1.96 bits per heavy atom. The fraction of sp³-hybridized carbons (Fsp3) is 0.250. The number of ketones is 1. The van der Waals surface area contributed by atoms with Crippen LogP contribution in [0.15, 0.2) is 60.3 Å². The quantitative estimate of drug-likeness (QED) is 0.904. The SMILES string of the molecule is COc1cccc([C@@H]2CC(=O)C=C(NCc3ccc(F)cc3)C2)c1. The van der Waals surface area contributed by atoms with E-state index in [9.17, 15) is 9.18 Å². The van der Waals surface area contributed by atoms with Crippen LogP contribution in [-0.2, 0) is 11.3 Å². The molecule has 0 amide bonds. The van der Waals surface area contributed by atoms with E-state index in [0.717, 1.165) is 29.0 Å². The van der Waals surface area contributed by atoms with Crippen LogP contribution in [-0.4, -0.2) is 12.9 Å². The third kappa shape index (κ3) is 4.02. The van der Waals surface area contributed by atoms with Crippen molar-refractivity contribution in [1.29, 1.82) is 0 Å². The van der Waals surface area contributed by atoms with Gasteiger partial charge in [-0.1, -0.05) is 24.3 Å². The monoisotopic (exact) mass is 325 g/mol. The average molecular weight is 325 g/mol. The van der Waals surface area contributed by atoms with E-state index in [1.807, 2.05) is 24.3 Å². The number of carbonyl (C=O) groups is 1. The number of rotatable bonds is 5. The third-order valence-corrected chi connectivity index (χ3v) is 4.25. The summed E-state index contributed by atoms with van der Waals surface area (Å²) in [6.07, 6.45) is 2.97. The van der Waals surface area contributed by atoms with Crippen LogP contribution in [0.4, 0.5) is 4.39 Å². The van der Waals surface area contributed by atoms with Crippen LogP contribution >= 0.6 is 0 Å². The zero-order chi connectivity index (χ0) is 16.9. The van der Waals surface area contributed by atoms with Gasteiger partial charge in [-0.3, -0.25) is 4.79 Å². The van der Waals surface area contributed by atoms with Crippen molar-refractivity contribution in [1.82, 2.24) is 5.32 Å². The molecule has 3 rings (SSSR count). The van der Waals surface area contributed by atoms with Crippen molar-refractivity contribution in [2.45, 2.75) is 25.3 Å². The summed E-state index contributed by atoms with van der Waals surface area (Å²) in [4.78, 5) is 12.1. The van der Waals surface area contributed by atoms with E-state index in [-0.39, 0.29) is 17.5 Å². The molecule has 2 aromatic carbocycles. The molecule has 0 fully saturated rings. The molecular weight excluding hydrogens is 305 g/mol. The van der Waals surface area contributed by atoms with Gasteiger partial charge in [0.2, 0.25) is 0 Å². The van der Waals surface area contributed by atoms with Crippen molar-refractivity contribution in [3.63, 3.8) is 0 Å². The normalized spacial score (nSPS) is 17.3. The van der Waals surface area contributed by atoms with Crippen LogP contribution in [0.3, 0.4) is 0 Å². The van der Waals surface area contributed by atoms with Gasteiger partial charge in [-0.25, -0.2) is 4.39 Å². The minimum atomic E-state index is -0.246. The molecule has 1 aliphatic rings. The first-order chi connectivity index (χ1) is 11.6. The first-order valence-corrected chi connectivity index (χ1v) is 7.99. The van der Waals surface area contributed by atoms with Gasteiger partial charge in [0.1, 0.15) is 11.6 Å². The Morgan fingerprint density at radius 3 is 2.71 bits per heavy atom. The smallest absolute Gasteiger partial charge is 0.158 e. The molecule has 0 radical (unpaired) electrons. The van der Waals surface area contributed by atoms with E-state index < -0.39 is 0 Å². The summed E-state index contributed by atoms with van der Waals surface area (Å²) in [5.41, 5.74) is 3.01. The van der Waals surface area contributed by atoms with Crippen LogP contribution in [0, 0.1) is 5.82 Å². The fourth-order valence-electron chi connectivity index (χ4n) is 2.96. The lowest BCUT2D eigenvalue weighted by Crippen LogP contribution is -2.22. The van der Waals surface area contributed by atoms with Crippen molar-refractivity contribution >= 4 is 5.78 Å². The second-order valence-electron chi connectivity index (χ2n) is 6.00. The van der Waals surface area contributed by atoms with Crippen molar-refractivity contribution in [3.05, 3.63) is 77.2 Å². The predicted octanol–water partition coefficient (Wildman–Crippen LogP) is 3.95. The number of hydrogen-bond acceptors (Lipinski definition) is 3. The molecule has 0 heterocycles. The standard InChI is InChI=1S/C20H20FNO2/c1-24-20-4-2-3-15(11-20)16-9-18(12-19(23)10-16)22-13-14-5-7-17(21)8-6-14/h2-8,11-12,16,22H,9-10,13H2,1H3/t16-/m0/s1. The van der Waals surface area contributed by atoms with Gasteiger partial charge in [0, 0.05) is 24.7 Å². The zero-order valence-electron chi connectivity index (χ0n) is 13.6. The van der Waals surface area contributed by atoms with E-state index in [1.165, 1.54) is 12.1 Å². The Morgan fingerprint density at radius 1 is 1.17 bits per heavy atom. The highest BCUT2D eigenvalue weighted by Crippen LogP contribution is 2.32. The number of methoxy groups -OCH3 is 1. The van der Waals surface area contributed by atoms with Gasteiger partial charge in [0.25, 0.3) is 0 Å². The summed E-state index contributed by atoms with van der Waals surface area (Å²) in [7, 11) is 1.64. The zero-order valence-corrected chi connectivity index (χ0v) is 13.6. The average Bonchev–Trinajstić information content (AvgIpc) is 2.61. The summed E-state index contributed by atoms with van der Waals surface area (Å²) in [5.74, 6) is 0.822. The van der Waals surface area contributed by atoms with E-state index in [1.54, 1.807) is 25.3 Å². The van der Waals surface area contributed by atoms with E-state index in [2.05, 4.69) is 5.32 Å².